The van der Waals surface area contributed by atoms with E-state index in [1.807, 2.05) is 32.0 Å². The van der Waals surface area contributed by atoms with Crippen molar-refractivity contribution in [1.82, 2.24) is 4.90 Å². The fourth-order valence-electron chi connectivity index (χ4n) is 1.64. The number of carbonyl (C=O) groups is 1. The molecule has 0 radical (unpaired) electrons. The maximum absolute atomic E-state index is 11.6. The Labute approximate surface area is 106 Å². The minimum absolute atomic E-state index is 0.217. The first-order valence-corrected chi connectivity index (χ1v) is 6.68. The number of ether oxygens (including phenoxy) is 1. The Balaban J connectivity index is 4.00. The molecule has 17 heavy (non-hydrogen) atoms. The molecule has 0 aromatic heterocycles. The summed E-state index contributed by atoms with van der Waals surface area (Å²) in [7, 11) is 3.75. The molecule has 0 spiro atoms. The lowest BCUT2D eigenvalue weighted by molar-refractivity contribution is -0.140. The van der Waals surface area contributed by atoms with Crippen molar-refractivity contribution in [2.24, 2.45) is 0 Å². The van der Waals surface area contributed by atoms with E-state index in [1.54, 1.807) is 0 Å². The maximum atomic E-state index is 11.6. The molecule has 0 atom stereocenters. The first kappa shape index (κ1) is 16.0. The van der Waals surface area contributed by atoms with Crippen LogP contribution in [-0.4, -0.2) is 31.6 Å². The molecule has 0 saturated heterocycles. The van der Waals surface area contributed by atoms with Gasteiger partial charge in [0.1, 0.15) is 5.70 Å². The lowest BCUT2D eigenvalue weighted by Gasteiger charge is -2.15. The van der Waals surface area contributed by atoms with Gasteiger partial charge in [-0.05, 0) is 19.8 Å². The lowest BCUT2D eigenvalue weighted by atomic mass is 10.1. The summed E-state index contributed by atoms with van der Waals surface area (Å²) in [6.45, 7) is 4.47. The molecular formula is C14H27NO2. The van der Waals surface area contributed by atoms with Crippen molar-refractivity contribution in [2.45, 2.75) is 52.4 Å². The van der Waals surface area contributed by atoms with Crippen LogP contribution in [-0.2, 0) is 9.53 Å². The summed E-state index contributed by atoms with van der Waals surface area (Å²) < 4.78 is 5.01. The van der Waals surface area contributed by atoms with Gasteiger partial charge in [-0.15, -0.1) is 0 Å². The maximum Gasteiger partial charge on any atom is 0.354 e. The zero-order chi connectivity index (χ0) is 13.1. The third-order valence-corrected chi connectivity index (χ3v) is 2.61. The normalized spacial score (nSPS) is 11.4. The highest BCUT2D eigenvalue weighted by atomic mass is 16.5. The molecule has 0 fully saturated rings. The second-order valence-corrected chi connectivity index (χ2v) is 4.41. The molecule has 0 aliphatic carbocycles. The van der Waals surface area contributed by atoms with Crippen molar-refractivity contribution in [3.63, 3.8) is 0 Å². The molecule has 0 aromatic rings. The van der Waals surface area contributed by atoms with Crippen molar-refractivity contribution >= 4 is 5.97 Å². The monoisotopic (exact) mass is 241 g/mol. The predicted molar refractivity (Wildman–Crippen MR) is 71.8 cm³/mol. The number of hydrogen-bond acceptors (Lipinski definition) is 3. The summed E-state index contributed by atoms with van der Waals surface area (Å²) in [5.41, 5.74) is 0.669. The first-order valence-electron chi connectivity index (χ1n) is 6.68. The molecule has 3 nitrogen and oxygen atoms in total. The summed E-state index contributed by atoms with van der Waals surface area (Å²) in [4.78, 5) is 13.4. The van der Waals surface area contributed by atoms with Gasteiger partial charge in [-0.1, -0.05) is 38.7 Å². The van der Waals surface area contributed by atoms with Gasteiger partial charge in [0.15, 0.2) is 0 Å². The molecule has 0 amide bonds. The van der Waals surface area contributed by atoms with Gasteiger partial charge in [0.25, 0.3) is 0 Å². The minimum Gasteiger partial charge on any atom is -0.461 e. The Hall–Kier alpha value is -0.990. The fraction of sp³-hybridized carbons (Fsp3) is 0.786. The van der Waals surface area contributed by atoms with Crippen LogP contribution in [0.15, 0.2) is 11.8 Å². The van der Waals surface area contributed by atoms with Crippen LogP contribution in [0.1, 0.15) is 52.4 Å². The number of rotatable bonds is 9. The standard InChI is InChI=1S/C14H27NO2/c1-5-7-8-9-10-11-12-13(15(3)4)14(16)17-6-2/h12H,5-11H2,1-4H3. The highest BCUT2D eigenvalue weighted by molar-refractivity contribution is 5.87. The largest absolute Gasteiger partial charge is 0.461 e. The quantitative estimate of drug-likeness (QED) is 0.352. The molecule has 0 N–H and O–H groups in total. The number of likely N-dealkylation sites (N-methyl/N-ethyl adjacent to an activating group) is 1. The number of nitrogens with zero attached hydrogens (tertiary/aromatic N) is 1. The van der Waals surface area contributed by atoms with Gasteiger partial charge in [-0.3, -0.25) is 0 Å². The topological polar surface area (TPSA) is 29.5 Å². The van der Waals surface area contributed by atoms with Crippen LogP contribution >= 0.6 is 0 Å². The summed E-state index contributed by atoms with van der Waals surface area (Å²) in [6.07, 6.45) is 9.20. The fourth-order valence-corrected chi connectivity index (χ4v) is 1.64. The number of carbonyl (C=O) groups excluding carboxylic acids is 1. The molecular weight excluding hydrogens is 214 g/mol. The highest BCUT2D eigenvalue weighted by Crippen LogP contribution is 2.09. The van der Waals surface area contributed by atoms with E-state index in [1.165, 1.54) is 25.7 Å². The third-order valence-electron chi connectivity index (χ3n) is 2.61. The van der Waals surface area contributed by atoms with E-state index in [-0.39, 0.29) is 5.97 Å². The highest BCUT2D eigenvalue weighted by Gasteiger charge is 2.11. The van der Waals surface area contributed by atoms with Gasteiger partial charge < -0.3 is 9.64 Å². The summed E-state index contributed by atoms with van der Waals surface area (Å²) >= 11 is 0. The second kappa shape index (κ2) is 10.2. The molecule has 3 heteroatoms. The van der Waals surface area contributed by atoms with E-state index < -0.39 is 0 Å². The van der Waals surface area contributed by atoms with Gasteiger partial charge in [0.2, 0.25) is 0 Å². The number of unbranched alkanes of at least 4 members (excludes halogenated alkanes) is 5. The zero-order valence-electron chi connectivity index (χ0n) is 11.8. The Kier molecular flexibility index (Phi) is 9.59. The molecule has 0 rings (SSSR count). The van der Waals surface area contributed by atoms with E-state index in [9.17, 15) is 4.79 Å². The van der Waals surface area contributed by atoms with Gasteiger partial charge in [-0.25, -0.2) is 4.79 Å². The second-order valence-electron chi connectivity index (χ2n) is 4.41. The van der Waals surface area contributed by atoms with Gasteiger partial charge in [0, 0.05) is 14.1 Å². The van der Waals surface area contributed by atoms with Gasteiger partial charge >= 0.3 is 5.97 Å². The van der Waals surface area contributed by atoms with Crippen LogP contribution in [0.5, 0.6) is 0 Å². The summed E-state index contributed by atoms with van der Waals surface area (Å²) in [5, 5.41) is 0. The Bertz CT molecular complexity index is 234. The summed E-state index contributed by atoms with van der Waals surface area (Å²) in [5.74, 6) is -0.217. The first-order chi connectivity index (χ1) is 8.13. The predicted octanol–water partition coefficient (Wildman–Crippen LogP) is 3.36. The van der Waals surface area contributed by atoms with Crippen LogP contribution in [0, 0.1) is 0 Å². The zero-order valence-corrected chi connectivity index (χ0v) is 11.8. The minimum atomic E-state index is -0.217. The molecule has 100 valence electrons. The van der Waals surface area contributed by atoms with Crippen molar-refractivity contribution in [3.8, 4) is 0 Å². The SMILES string of the molecule is CCCCCCCC=C(C(=O)OCC)N(C)C. The lowest BCUT2D eigenvalue weighted by Crippen LogP contribution is -2.21. The Morgan fingerprint density at radius 3 is 2.29 bits per heavy atom. The number of esters is 1. The van der Waals surface area contributed by atoms with Gasteiger partial charge in [0.05, 0.1) is 6.61 Å². The van der Waals surface area contributed by atoms with Crippen LogP contribution in [0.25, 0.3) is 0 Å². The van der Waals surface area contributed by atoms with E-state index in [4.69, 9.17) is 4.74 Å². The average molecular weight is 241 g/mol. The van der Waals surface area contributed by atoms with Crippen molar-refractivity contribution in [1.29, 1.82) is 0 Å². The van der Waals surface area contributed by atoms with Gasteiger partial charge in [-0.2, -0.15) is 0 Å². The van der Waals surface area contributed by atoms with Crippen molar-refractivity contribution in [3.05, 3.63) is 11.8 Å². The Morgan fingerprint density at radius 2 is 1.76 bits per heavy atom. The van der Waals surface area contributed by atoms with Crippen LogP contribution in [0.4, 0.5) is 0 Å². The number of allylic oxidation sites excluding steroid dienone is 1. The Morgan fingerprint density at radius 1 is 1.12 bits per heavy atom. The van der Waals surface area contributed by atoms with E-state index in [2.05, 4.69) is 6.92 Å². The molecule has 0 aromatic carbocycles. The van der Waals surface area contributed by atoms with E-state index >= 15 is 0 Å². The van der Waals surface area contributed by atoms with Crippen molar-refractivity contribution in [2.75, 3.05) is 20.7 Å². The molecule has 0 aliphatic heterocycles. The average Bonchev–Trinajstić information content (AvgIpc) is 2.27. The van der Waals surface area contributed by atoms with Crippen molar-refractivity contribution < 1.29 is 9.53 Å². The summed E-state index contributed by atoms with van der Waals surface area (Å²) in [6, 6.07) is 0. The molecule has 0 heterocycles. The molecule has 0 aliphatic rings. The third kappa shape index (κ3) is 7.83. The molecule has 0 saturated carbocycles. The smallest absolute Gasteiger partial charge is 0.354 e. The van der Waals surface area contributed by atoms with Crippen LogP contribution in [0.2, 0.25) is 0 Å². The van der Waals surface area contributed by atoms with Crippen LogP contribution in [0.3, 0.4) is 0 Å². The molecule has 0 bridgehead atoms. The van der Waals surface area contributed by atoms with Crippen LogP contribution < -0.4 is 0 Å². The van der Waals surface area contributed by atoms with E-state index in [0.717, 1.165) is 12.8 Å². The molecule has 0 unspecified atom stereocenters. The number of hydrogen-bond donors (Lipinski definition) is 0. The van der Waals surface area contributed by atoms with E-state index in [0.29, 0.717) is 12.3 Å².